The van der Waals surface area contributed by atoms with E-state index in [4.69, 9.17) is 24.7 Å². The van der Waals surface area contributed by atoms with Gasteiger partial charge < -0.3 is 15.2 Å². The van der Waals surface area contributed by atoms with Crippen LogP contribution < -0.4 is 25.5 Å². The van der Waals surface area contributed by atoms with Crippen molar-refractivity contribution in [3.05, 3.63) is 75.6 Å². The van der Waals surface area contributed by atoms with Gasteiger partial charge in [0.05, 0.1) is 25.6 Å². The molecule has 0 bridgehead atoms. The number of H-pyrrole nitrogens is 1. The molecule has 35 heavy (non-hydrogen) atoms. The van der Waals surface area contributed by atoms with Crippen molar-refractivity contribution < 1.29 is 23.5 Å². The zero-order valence-electron chi connectivity index (χ0n) is 19.1. The van der Waals surface area contributed by atoms with Crippen LogP contribution in [0.25, 0.3) is 32.6 Å². The van der Waals surface area contributed by atoms with Gasteiger partial charge in [0.25, 0.3) is 5.78 Å². The highest BCUT2D eigenvalue weighted by atomic mass is 32.1. The number of nitrogens with one attached hydrogen (secondary N) is 1. The van der Waals surface area contributed by atoms with E-state index >= 15 is 0 Å². The van der Waals surface area contributed by atoms with Crippen molar-refractivity contribution >= 4 is 33.0 Å². The number of carbonyl (C=O) groups excluding carboxylic acids is 1. The van der Waals surface area contributed by atoms with Gasteiger partial charge in [0.2, 0.25) is 0 Å². The monoisotopic (exact) mass is 489 g/mol. The lowest BCUT2D eigenvalue weighted by molar-refractivity contribution is -0.741. The quantitative estimate of drug-likeness (QED) is 0.276. The molecule has 0 aliphatic carbocycles. The minimum absolute atomic E-state index is 0.160. The second-order valence-electron chi connectivity index (χ2n) is 7.70. The van der Waals surface area contributed by atoms with Gasteiger partial charge in [-0.25, -0.2) is 9.78 Å². The normalized spacial score (nSPS) is 11.1. The highest BCUT2D eigenvalue weighted by molar-refractivity contribution is 7.21. The summed E-state index contributed by atoms with van der Waals surface area (Å²) in [4.78, 5) is 31.0. The summed E-state index contributed by atoms with van der Waals surface area (Å²) in [5, 5.41) is 2.95. The number of benzene rings is 2. The third-order valence-electron chi connectivity index (χ3n) is 5.69. The summed E-state index contributed by atoms with van der Waals surface area (Å²) in [6.45, 7) is 0. The maximum atomic E-state index is 13.3. The lowest BCUT2D eigenvalue weighted by Crippen LogP contribution is -2.39. The molecule has 0 atom stereocenters. The third-order valence-corrected chi connectivity index (χ3v) is 6.79. The lowest BCUT2D eigenvalue weighted by atomic mass is 9.98. The van der Waals surface area contributed by atoms with Crippen LogP contribution in [0, 0.1) is 0 Å². The lowest BCUT2D eigenvalue weighted by Gasteiger charge is -2.15. The number of hydrogen-bond acceptors (Lipinski definition) is 8. The maximum absolute atomic E-state index is 13.3. The summed E-state index contributed by atoms with van der Waals surface area (Å²) in [6.07, 6.45) is 0. The van der Waals surface area contributed by atoms with E-state index < -0.39 is 11.4 Å². The van der Waals surface area contributed by atoms with E-state index in [0.29, 0.717) is 27.4 Å². The van der Waals surface area contributed by atoms with Crippen molar-refractivity contribution in [1.82, 2.24) is 10.3 Å². The summed E-state index contributed by atoms with van der Waals surface area (Å²) >= 11 is 1.12. The number of aromatic nitrogens is 3. The molecule has 0 radical (unpaired) electrons. The number of nitrogens with zero attached hydrogens (tertiary/aromatic N) is 2. The van der Waals surface area contributed by atoms with E-state index in [9.17, 15) is 9.59 Å². The Kier molecular flexibility index (Phi) is 5.58. The van der Waals surface area contributed by atoms with Crippen molar-refractivity contribution in [2.45, 2.75) is 0 Å². The van der Waals surface area contributed by atoms with Gasteiger partial charge in [-0.3, -0.25) is 9.32 Å². The Bertz CT molecular complexity index is 1640. The number of para-hydroxylation sites is 1. The highest BCUT2D eigenvalue weighted by Crippen LogP contribution is 2.46. The molecule has 0 amide bonds. The fourth-order valence-electron chi connectivity index (χ4n) is 4.05. The molecule has 0 aliphatic rings. The molecule has 9 nitrogen and oxygen atoms in total. The van der Waals surface area contributed by atoms with Gasteiger partial charge >= 0.3 is 11.3 Å². The minimum atomic E-state index is -0.776. The summed E-state index contributed by atoms with van der Waals surface area (Å²) in [5.74, 6) is 0.531. The maximum Gasteiger partial charge on any atom is 0.438 e. The molecular formula is C25H21N4O5S+. The van der Waals surface area contributed by atoms with Gasteiger partial charge in [0.15, 0.2) is 18.5 Å². The molecular weight excluding hydrogens is 468 g/mol. The molecule has 3 heterocycles. The summed E-state index contributed by atoms with van der Waals surface area (Å²) < 4.78 is 17.2. The van der Waals surface area contributed by atoms with Gasteiger partial charge in [-0.15, -0.1) is 11.3 Å². The van der Waals surface area contributed by atoms with Crippen LogP contribution >= 0.6 is 11.3 Å². The number of anilines is 1. The van der Waals surface area contributed by atoms with E-state index in [2.05, 4.69) is 5.27 Å². The fraction of sp³-hybridized carbons (Fsp3) is 0.120. The number of carbonyl (C=O) groups is 1. The second kappa shape index (κ2) is 8.73. The number of aryl methyl sites for hydroxylation is 1. The predicted octanol–water partition coefficient (Wildman–Crippen LogP) is 3.57. The topological polar surface area (TPSA) is 124 Å². The van der Waals surface area contributed by atoms with Crippen molar-refractivity contribution in [3.8, 4) is 33.9 Å². The molecule has 176 valence electrons. The van der Waals surface area contributed by atoms with Gasteiger partial charge in [-0.1, -0.05) is 47.1 Å². The average Bonchev–Trinajstić information content (AvgIpc) is 3.41. The van der Waals surface area contributed by atoms with E-state index in [1.54, 1.807) is 20.3 Å². The van der Waals surface area contributed by atoms with Gasteiger partial charge in [-0.2, -0.15) is 0 Å². The third kappa shape index (κ3) is 3.64. The zero-order valence-corrected chi connectivity index (χ0v) is 19.9. The second-order valence-corrected chi connectivity index (χ2v) is 8.70. The number of rotatable bonds is 6. The molecule has 0 saturated heterocycles. The van der Waals surface area contributed by atoms with Crippen LogP contribution in [-0.4, -0.2) is 30.3 Å². The van der Waals surface area contributed by atoms with E-state index in [-0.39, 0.29) is 16.3 Å². The summed E-state index contributed by atoms with van der Waals surface area (Å²) in [5.41, 5.74) is 8.90. The fourth-order valence-corrected chi connectivity index (χ4v) is 5.11. The van der Waals surface area contributed by atoms with Gasteiger partial charge in [-0.05, 0) is 17.4 Å². The van der Waals surface area contributed by atoms with Crippen molar-refractivity contribution in [1.29, 1.82) is 0 Å². The number of ketones is 1. The van der Waals surface area contributed by atoms with Crippen molar-refractivity contribution in [2.24, 2.45) is 7.05 Å². The Morgan fingerprint density at radius 3 is 2.51 bits per heavy atom. The number of nitrogens with two attached hydrogens (primary N) is 1. The summed E-state index contributed by atoms with van der Waals surface area (Å²) in [6, 6.07) is 17.1. The van der Waals surface area contributed by atoms with Crippen LogP contribution in [0.1, 0.15) is 15.4 Å². The molecule has 0 aliphatic heterocycles. The first-order valence-corrected chi connectivity index (χ1v) is 11.4. The van der Waals surface area contributed by atoms with E-state index in [1.165, 1.54) is 11.7 Å². The Hall–Kier alpha value is -4.44. The molecule has 0 fully saturated rings. The number of aromatic amines is 1. The number of nitrogen functional groups attached to an aromatic ring is 1. The van der Waals surface area contributed by atoms with E-state index in [0.717, 1.165) is 28.0 Å². The first-order chi connectivity index (χ1) is 16.9. The average molecular weight is 490 g/mol. The highest BCUT2D eigenvalue weighted by Gasteiger charge is 2.32. The Balaban J connectivity index is 1.84. The van der Waals surface area contributed by atoms with Crippen LogP contribution in [-0.2, 0) is 7.05 Å². The van der Waals surface area contributed by atoms with Crippen molar-refractivity contribution in [3.63, 3.8) is 0 Å². The first-order valence-electron chi connectivity index (χ1n) is 10.6. The summed E-state index contributed by atoms with van der Waals surface area (Å²) in [7, 11) is 4.65. The zero-order chi connectivity index (χ0) is 24.7. The molecule has 3 N–H and O–H groups in total. The van der Waals surface area contributed by atoms with Crippen molar-refractivity contribution in [2.75, 3.05) is 20.0 Å². The Morgan fingerprint density at radius 2 is 1.86 bits per heavy atom. The molecule has 0 saturated carbocycles. The largest absolute Gasteiger partial charge is 0.493 e. The Labute approximate surface area is 203 Å². The minimum Gasteiger partial charge on any atom is -0.493 e. The molecule has 2 aromatic carbocycles. The number of fused-ring (bicyclic) bond motifs is 1. The van der Waals surface area contributed by atoms with E-state index in [1.807, 2.05) is 48.5 Å². The van der Waals surface area contributed by atoms with Crippen LogP contribution in [0.5, 0.6) is 11.5 Å². The van der Waals surface area contributed by atoms with Crippen LogP contribution in [0.2, 0.25) is 0 Å². The number of hydrogen-bond donors (Lipinski definition) is 2. The standard InChI is InChI=1S/C25H20N4O5S/c1-29-20(25(31)34-28-29)21(30)23-19(26)18-15(14-10-7-11-17(32-2)22(14)33-3)12-16(27-24(18)35-23)13-8-5-4-6-9-13/h4-12H,1-3H3,(H2-,26,28,30,31)/p+1. The van der Waals surface area contributed by atoms with Crippen LogP contribution in [0.4, 0.5) is 5.69 Å². The molecule has 0 unspecified atom stereocenters. The number of methoxy groups -OCH3 is 2. The van der Waals surface area contributed by atoms with Gasteiger partial charge in [0, 0.05) is 22.1 Å². The molecule has 3 aromatic heterocycles. The molecule has 5 aromatic rings. The van der Waals surface area contributed by atoms with Crippen LogP contribution in [0.3, 0.4) is 0 Å². The number of pyridine rings is 1. The Morgan fingerprint density at radius 1 is 1.09 bits per heavy atom. The number of thiophene rings is 1. The van der Waals surface area contributed by atoms with Crippen LogP contribution in [0.15, 0.2) is 63.9 Å². The predicted molar refractivity (Wildman–Crippen MR) is 132 cm³/mol. The SMILES string of the molecule is COc1cccc(-c2cc(-c3ccccc3)nc3sc(C(=O)c4c(=O)o[nH][n+]4C)c(N)c23)c1OC. The molecule has 0 spiro atoms. The smallest absolute Gasteiger partial charge is 0.438 e. The molecule has 5 rings (SSSR count). The van der Waals surface area contributed by atoms with Gasteiger partial charge in [0.1, 0.15) is 9.71 Å². The number of ether oxygens (including phenoxy) is 2. The molecule has 10 heteroatoms. The first kappa shape index (κ1) is 22.4.